The zero-order valence-corrected chi connectivity index (χ0v) is 47.2. The number of likely N-dealkylation sites (tertiary alicyclic amines) is 2. The summed E-state index contributed by atoms with van der Waals surface area (Å²) in [5, 5.41) is 11.8. The maximum atomic E-state index is 14.2. The van der Waals surface area contributed by atoms with Crippen LogP contribution in [0.1, 0.15) is 155 Å². The lowest BCUT2D eigenvalue weighted by Gasteiger charge is -2.37. The van der Waals surface area contributed by atoms with E-state index in [1.54, 1.807) is 49.9 Å². The Morgan fingerprint density at radius 1 is 0.579 bits per heavy atom. The molecule has 14 nitrogen and oxygen atoms in total. The van der Waals surface area contributed by atoms with Crippen molar-refractivity contribution < 1.29 is 46.3 Å². The lowest BCUT2D eigenvalue weighted by molar-refractivity contribution is -0.142. The zero-order valence-electron chi connectivity index (χ0n) is 47.2. The fourth-order valence-corrected chi connectivity index (χ4v) is 9.96. The molecule has 0 spiro atoms. The molecule has 6 atom stereocenters. The van der Waals surface area contributed by atoms with E-state index < -0.39 is 53.4 Å². The largest absolute Gasteiger partial charge is 0.416 e. The van der Waals surface area contributed by atoms with Gasteiger partial charge >= 0.3 is 6.18 Å². The first-order valence-corrected chi connectivity index (χ1v) is 27.7. The average molecular weight is 1070 g/mol. The van der Waals surface area contributed by atoms with Crippen molar-refractivity contribution in [2.45, 2.75) is 194 Å². The topological polar surface area (TPSA) is 163 Å². The number of hydrogen-bond acceptors (Lipinski definition) is 8. The van der Waals surface area contributed by atoms with Crippen LogP contribution in [0.5, 0.6) is 0 Å². The lowest BCUT2D eigenvalue weighted by Crippen LogP contribution is -2.59. The summed E-state index contributed by atoms with van der Waals surface area (Å²) in [6, 6.07) is 9.17. The van der Waals surface area contributed by atoms with Crippen LogP contribution in [-0.2, 0) is 54.5 Å². The van der Waals surface area contributed by atoms with Crippen LogP contribution in [0.25, 0.3) is 0 Å². The van der Waals surface area contributed by atoms with Crippen molar-refractivity contribution in [1.82, 2.24) is 40.9 Å². The van der Waals surface area contributed by atoms with Gasteiger partial charge in [0.25, 0.3) is 0 Å². The smallest absolute Gasteiger partial charge is 0.342 e. The predicted molar refractivity (Wildman–Crippen MR) is 289 cm³/mol. The summed E-state index contributed by atoms with van der Waals surface area (Å²) in [5.74, 6) is -1.02. The van der Waals surface area contributed by atoms with E-state index >= 15 is 0 Å². The minimum atomic E-state index is -4.46. The molecule has 6 amide bonds. The van der Waals surface area contributed by atoms with Crippen LogP contribution >= 0.6 is 0 Å². The zero-order chi connectivity index (χ0) is 56.4. The van der Waals surface area contributed by atoms with Crippen molar-refractivity contribution in [2.75, 3.05) is 53.4 Å². The third kappa shape index (κ3) is 19.4. The van der Waals surface area contributed by atoms with Crippen molar-refractivity contribution in [1.29, 1.82) is 0 Å². The van der Waals surface area contributed by atoms with E-state index in [0.717, 1.165) is 62.6 Å². The Balaban J connectivity index is 1.36. The highest BCUT2D eigenvalue weighted by Crippen LogP contribution is 2.31. The van der Waals surface area contributed by atoms with Gasteiger partial charge in [-0.3, -0.25) is 28.8 Å². The summed E-state index contributed by atoms with van der Waals surface area (Å²) < 4.78 is 53.3. The van der Waals surface area contributed by atoms with Crippen LogP contribution in [0.4, 0.5) is 17.6 Å². The normalized spacial score (nSPS) is 17.7. The van der Waals surface area contributed by atoms with Crippen LogP contribution in [0.15, 0.2) is 48.5 Å². The van der Waals surface area contributed by atoms with Gasteiger partial charge in [0.1, 0.15) is 18.8 Å². The number of likely N-dealkylation sites (N-methyl/N-ethyl adjacent to an activating group) is 2. The quantitative estimate of drug-likeness (QED) is 0.0493. The SMILES string of the molecule is CN[C@@H](C)C(=O)N[C@H](C(=O)N1CCC[C@H]1CN(CCc1ccc(CF)cc1)C(=O)CCCCCCCCC(=O)N(CCc1ccc(C(F)(F)F)cc1)C[C@@H]1CCCN1C(=O)[C@@H](NC(=O)[C@H](C)NC)C(C)(C)C)C(C)(C)C. The fraction of sp³-hybridized carbons (Fsp3) is 0.690. The molecule has 4 N–H and O–H groups in total. The van der Waals surface area contributed by atoms with E-state index in [0.29, 0.717) is 75.8 Å². The Morgan fingerprint density at radius 2 is 0.934 bits per heavy atom. The van der Waals surface area contributed by atoms with Crippen LogP contribution in [0, 0.1) is 10.8 Å². The second kappa shape index (κ2) is 29.6. The van der Waals surface area contributed by atoms with Crippen molar-refractivity contribution in [3.8, 4) is 0 Å². The molecule has 0 bridgehead atoms. The van der Waals surface area contributed by atoms with Gasteiger partial charge in [0, 0.05) is 64.2 Å². The molecular weight excluding hydrogens is 981 g/mol. The summed E-state index contributed by atoms with van der Waals surface area (Å²) in [6.07, 6.45) is 4.50. The number of rotatable bonds is 28. The highest BCUT2D eigenvalue weighted by molar-refractivity contribution is 5.91. The van der Waals surface area contributed by atoms with E-state index in [-0.39, 0.29) is 67.0 Å². The molecule has 2 heterocycles. The van der Waals surface area contributed by atoms with Gasteiger partial charge in [-0.1, -0.05) is 104 Å². The molecule has 0 aromatic heterocycles. The Labute approximate surface area is 450 Å². The summed E-state index contributed by atoms with van der Waals surface area (Å²) in [4.78, 5) is 89.7. The third-order valence-corrected chi connectivity index (χ3v) is 15.2. The molecule has 2 fully saturated rings. The number of carbonyl (C=O) groups excluding carboxylic acids is 6. The highest BCUT2D eigenvalue weighted by Gasteiger charge is 2.42. The molecule has 76 heavy (non-hydrogen) atoms. The Bertz CT molecular complexity index is 2180. The first-order chi connectivity index (χ1) is 35.8. The van der Waals surface area contributed by atoms with E-state index in [4.69, 9.17) is 0 Å². The minimum Gasteiger partial charge on any atom is -0.342 e. The monoisotopic (exact) mass is 1070 g/mol. The first-order valence-electron chi connectivity index (χ1n) is 27.7. The number of amides is 6. The molecule has 2 aromatic carbocycles. The summed E-state index contributed by atoms with van der Waals surface area (Å²) in [5.41, 5.74) is 0.321. The highest BCUT2D eigenvalue weighted by atomic mass is 19.4. The molecule has 0 radical (unpaired) electrons. The Hall–Kier alpha value is -5.10. The number of alkyl halides is 4. The number of nitrogens with zero attached hydrogens (tertiary/aromatic N) is 4. The summed E-state index contributed by atoms with van der Waals surface area (Å²) in [7, 11) is 3.37. The van der Waals surface area contributed by atoms with Gasteiger partial charge in [-0.05, 0) is 119 Å². The van der Waals surface area contributed by atoms with Crippen molar-refractivity contribution >= 4 is 35.4 Å². The molecular formula is C58H90F4N8O6. The van der Waals surface area contributed by atoms with Gasteiger partial charge in [-0.15, -0.1) is 0 Å². The van der Waals surface area contributed by atoms with Crippen LogP contribution in [-0.4, -0.2) is 145 Å². The number of halogens is 4. The number of hydrogen-bond donors (Lipinski definition) is 4. The van der Waals surface area contributed by atoms with Crippen molar-refractivity contribution in [3.63, 3.8) is 0 Å². The van der Waals surface area contributed by atoms with Gasteiger partial charge in [-0.2, -0.15) is 13.2 Å². The summed E-state index contributed by atoms with van der Waals surface area (Å²) >= 11 is 0. The number of carbonyl (C=O) groups is 6. The molecule has 18 heteroatoms. The number of unbranched alkanes of at least 4 members (excludes halogenated alkanes) is 5. The molecule has 0 aliphatic carbocycles. The second-order valence-corrected chi connectivity index (χ2v) is 23.2. The Morgan fingerprint density at radius 3 is 1.28 bits per heavy atom. The van der Waals surface area contributed by atoms with Crippen LogP contribution in [0.2, 0.25) is 0 Å². The average Bonchev–Trinajstić information content (AvgIpc) is 4.06. The molecule has 4 rings (SSSR count). The molecule has 0 saturated carbocycles. The molecule has 426 valence electrons. The van der Waals surface area contributed by atoms with Crippen LogP contribution < -0.4 is 21.3 Å². The number of benzene rings is 2. The lowest BCUT2D eigenvalue weighted by atomic mass is 9.85. The minimum absolute atomic E-state index is 0.00483. The third-order valence-electron chi connectivity index (χ3n) is 15.2. The van der Waals surface area contributed by atoms with E-state index in [1.165, 1.54) is 12.1 Å². The van der Waals surface area contributed by atoms with Gasteiger partial charge < -0.3 is 40.9 Å². The fourth-order valence-electron chi connectivity index (χ4n) is 9.96. The maximum absolute atomic E-state index is 14.2. The standard InChI is InChI=1S/C58H90F4N8O6/c1-40(63-9)52(73)65-50(56(3,4)5)54(75)69-33-17-19-46(69)38-67(35-31-42-23-25-44(37-59)26-24-42)48(71)21-15-13-11-12-14-16-22-49(72)68(36-32-43-27-29-45(30-28-43)58(60,61)62)39-47-20-18-34-70(47)55(76)51(57(6,7)8)66-53(74)41(2)64-10/h23-30,40-41,46-47,50-51,63-64H,11-22,31-39H2,1-10H3,(H,65,73)(H,66,74)/t40-,41-,46-,47-,50+,51+/m0/s1. The van der Waals surface area contributed by atoms with E-state index in [2.05, 4.69) is 21.3 Å². The maximum Gasteiger partial charge on any atom is 0.416 e. The van der Waals surface area contributed by atoms with Gasteiger partial charge in [0.15, 0.2) is 0 Å². The van der Waals surface area contributed by atoms with Gasteiger partial charge in [0.05, 0.1) is 17.6 Å². The second-order valence-electron chi connectivity index (χ2n) is 23.2. The molecule has 2 aromatic rings. The molecule has 2 saturated heterocycles. The van der Waals surface area contributed by atoms with Crippen LogP contribution in [0.3, 0.4) is 0 Å². The van der Waals surface area contributed by atoms with Gasteiger partial charge in [-0.25, -0.2) is 4.39 Å². The van der Waals surface area contributed by atoms with Gasteiger partial charge in [0.2, 0.25) is 35.4 Å². The van der Waals surface area contributed by atoms with E-state index in [1.807, 2.05) is 63.5 Å². The molecule has 0 unspecified atom stereocenters. The number of nitrogens with one attached hydrogen (secondary N) is 4. The molecule has 2 aliphatic rings. The first kappa shape index (κ1) is 63.4. The molecule has 2 aliphatic heterocycles. The Kier molecular flexibility index (Phi) is 24.7. The van der Waals surface area contributed by atoms with Crippen molar-refractivity contribution in [3.05, 3.63) is 70.8 Å². The predicted octanol–water partition coefficient (Wildman–Crippen LogP) is 8.00. The summed E-state index contributed by atoms with van der Waals surface area (Å²) in [6.45, 7) is 16.7. The van der Waals surface area contributed by atoms with E-state index in [9.17, 15) is 46.3 Å². The van der Waals surface area contributed by atoms with Crippen molar-refractivity contribution in [2.24, 2.45) is 10.8 Å².